The number of nitrogen functional groups attached to an aromatic ring is 1. The van der Waals surface area contributed by atoms with Gasteiger partial charge in [0, 0.05) is 11.6 Å². The van der Waals surface area contributed by atoms with Crippen molar-refractivity contribution in [1.82, 2.24) is 9.78 Å². The first-order chi connectivity index (χ1) is 14.9. The number of nitrogens with one attached hydrogen (secondary N) is 2. The van der Waals surface area contributed by atoms with Crippen molar-refractivity contribution in [2.45, 2.75) is 4.90 Å². The van der Waals surface area contributed by atoms with Crippen molar-refractivity contribution >= 4 is 39.5 Å². The van der Waals surface area contributed by atoms with Crippen LogP contribution in [0.25, 0.3) is 5.69 Å². The van der Waals surface area contributed by atoms with Gasteiger partial charge in [-0.2, -0.15) is 8.42 Å². The van der Waals surface area contributed by atoms with E-state index in [9.17, 15) is 32.1 Å². The lowest BCUT2D eigenvalue weighted by Gasteiger charge is -2.08. The number of carboxylic acids is 2. The highest BCUT2D eigenvalue weighted by Gasteiger charge is 2.20. The first kappa shape index (κ1) is 22.3. The quantitative estimate of drug-likeness (QED) is 0.221. The Bertz CT molecular complexity index is 1440. The van der Waals surface area contributed by atoms with Crippen LogP contribution in [0.5, 0.6) is 0 Å². The van der Waals surface area contributed by atoms with Crippen LogP contribution in [0.1, 0.15) is 31.1 Å². The van der Waals surface area contributed by atoms with Crippen LogP contribution >= 0.6 is 0 Å². The summed E-state index contributed by atoms with van der Waals surface area (Å²) in [5, 5.41) is 23.0. The topological polar surface area (TPSA) is 222 Å². The Morgan fingerprint density at radius 3 is 2.22 bits per heavy atom. The van der Waals surface area contributed by atoms with Gasteiger partial charge in [-0.05, 0) is 36.4 Å². The molecular weight excluding hydrogens is 448 g/mol. The van der Waals surface area contributed by atoms with Gasteiger partial charge >= 0.3 is 11.9 Å². The molecule has 0 radical (unpaired) electrons. The fraction of sp³-hybridized carbons (Fsp3) is 0. The highest BCUT2D eigenvalue weighted by molar-refractivity contribution is 7.86. The fourth-order valence-corrected chi connectivity index (χ4v) is 3.42. The molecule has 32 heavy (non-hydrogen) atoms. The van der Waals surface area contributed by atoms with Gasteiger partial charge in [0.05, 0.1) is 22.5 Å². The Morgan fingerprint density at radius 2 is 1.62 bits per heavy atom. The Balaban J connectivity index is 1.93. The number of rotatable bonds is 6. The van der Waals surface area contributed by atoms with Gasteiger partial charge in [0.1, 0.15) is 10.7 Å². The second kappa shape index (κ2) is 8.01. The van der Waals surface area contributed by atoms with Crippen LogP contribution in [0.2, 0.25) is 0 Å². The molecule has 0 bridgehead atoms. The SMILES string of the molecule is Nc1ccc(-n2[nH]c(NC(=O)c3ccc(C(=O)O)c(C(=O)O)c3)cc2=O)cc1S(=O)(=O)O. The highest BCUT2D eigenvalue weighted by Crippen LogP contribution is 2.21. The number of aromatic nitrogens is 2. The first-order valence-electron chi connectivity index (χ1n) is 8.50. The molecule has 0 aliphatic rings. The summed E-state index contributed by atoms with van der Waals surface area (Å²) in [4.78, 5) is 46.5. The van der Waals surface area contributed by atoms with Crippen LogP contribution in [0.4, 0.5) is 11.5 Å². The maximum absolute atomic E-state index is 12.4. The molecule has 13 nitrogen and oxygen atoms in total. The number of aromatic carboxylic acids is 2. The summed E-state index contributed by atoms with van der Waals surface area (Å²) in [5.74, 6) is -4.02. The molecule has 0 saturated carbocycles. The van der Waals surface area contributed by atoms with Gasteiger partial charge < -0.3 is 21.3 Å². The van der Waals surface area contributed by atoms with Crippen molar-refractivity contribution in [3.8, 4) is 5.69 Å². The molecule has 0 atom stereocenters. The zero-order chi connectivity index (χ0) is 23.8. The Kier molecular flexibility index (Phi) is 5.57. The number of aromatic amines is 1. The van der Waals surface area contributed by atoms with Gasteiger partial charge in [0.2, 0.25) is 0 Å². The molecule has 0 aliphatic heterocycles. The molecule has 3 aromatic rings. The van der Waals surface area contributed by atoms with Gasteiger partial charge in [0.25, 0.3) is 21.6 Å². The van der Waals surface area contributed by atoms with E-state index >= 15 is 0 Å². The highest BCUT2D eigenvalue weighted by atomic mass is 32.2. The number of benzene rings is 2. The van der Waals surface area contributed by atoms with E-state index in [1.54, 1.807) is 0 Å². The predicted molar refractivity (Wildman–Crippen MR) is 109 cm³/mol. The fourth-order valence-electron chi connectivity index (χ4n) is 2.78. The number of carboxylic acid groups (broad SMARTS) is 2. The third-order valence-electron chi connectivity index (χ3n) is 4.24. The summed E-state index contributed by atoms with van der Waals surface area (Å²) in [6.07, 6.45) is 0. The number of nitrogens with two attached hydrogens (primary N) is 1. The van der Waals surface area contributed by atoms with E-state index in [0.29, 0.717) is 0 Å². The normalized spacial score (nSPS) is 11.2. The number of hydrogen-bond donors (Lipinski definition) is 6. The number of H-pyrrole nitrogens is 1. The van der Waals surface area contributed by atoms with Gasteiger partial charge in [-0.1, -0.05) is 0 Å². The third-order valence-corrected chi connectivity index (χ3v) is 5.15. The second-order valence-electron chi connectivity index (χ2n) is 6.37. The maximum Gasteiger partial charge on any atom is 0.336 e. The van der Waals surface area contributed by atoms with E-state index in [-0.39, 0.29) is 22.8 Å². The van der Waals surface area contributed by atoms with E-state index in [0.717, 1.165) is 41.1 Å². The summed E-state index contributed by atoms with van der Waals surface area (Å²) in [7, 11) is -4.66. The standard InChI is InChI=1S/C18H14N4O9S/c19-12-4-2-9(6-13(12)32(29,30)31)22-15(23)7-14(21-22)20-16(24)8-1-3-10(17(25)26)11(5-8)18(27)28/h1-7,21H,19H2,(H,20,24)(H,25,26)(H,27,28)(H,29,30,31). The minimum Gasteiger partial charge on any atom is -0.478 e. The number of hydrogen-bond acceptors (Lipinski definition) is 7. The summed E-state index contributed by atoms with van der Waals surface area (Å²) in [6, 6.07) is 7.27. The van der Waals surface area contributed by atoms with Gasteiger partial charge in [-0.25, -0.2) is 14.3 Å². The molecule has 3 rings (SSSR count). The summed E-state index contributed by atoms with van der Waals surface area (Å²) >= 11 is 0. The summed E-state index contributed by atoms with van der Waals surface area (Å²) < 4.78 is 32.9. The van der Waals surface area contributed by atoms with Gasteiger partial charge in [0.15, 0.2) is 0 Å². The average molecular weight is 462 g/mol. The lowest BCUT2D eigenvalue weighted by Crippen LogP contribution is -2.16. The van der Waals surface area contributed by atoms with Crippen LogP contribution < -0.4 is 16.6 Å². The van der Waals surface area contributed by atoms with Crippen LogP contribution in [0.3, 0.4) is 0 Å². The number of nitrogens with zero attached hydrogens (tertiary/aromatic N) is 1. The maximum atomic E-state index is 12.4. The monoisotopic (exact) mass is 462 g/mol. The van der Waals surface area contributed by atoms with E-state index in [4.69, 9.17) is 15.9 Å². The van der Waals surface area contributed by atoms with E-state index < -0.39 is 49.5 Å². The van der Waals surface area contributed by atoms with Crippen molar-refractivity contribution in [1.29, 1.82) is 0 Å². The zero-order valence-corrected chi connectivity index (χ0v) is 16.6. The molecule has 166 valence electrons. The van der Waals surface area contributed by atoms with Crippen LogP contribution in [-0.4, -0.2) is 50.8 Å². The average Bonchev–Trinajstić information content (AvgIpc) is 3.06. The Hall–Kier alpha value is -4.43. The van der Waals surface area contributed by atoms with Crippen molar-refractivity contribution < 1.29 is 37.6 Å². The van der Waals surface area contributed by atoms with E-state index in [1.165, 1.54) is 6.07 Å². The van der Waals surface area contributed by atoms with Crippen LogP contribution in [0.15, 0.2) is 52.2 Å². The minimum absolute atomic E-state index is 0.0173. The van der Waals surface area contributed by atoms with E-state index in [1.807, 2.05) is 0 Å². The smallest absolute Gasteiger partial charge is 0.336 e. The largest absolute Gasteiger partial charge is 0.478 e. The Morgan fingerprint density at radius 1 is 0.969 bits per heavy atom. The summed E-state index contributed by atoms with van der Waals surface area (Å²) in [6.45, 7) is 0. The van der Waals surface area contributed by atoms with Crippen molar-refractivity contribution in [3.63, 3.8) is 0 Å². The van der Waals surface area contributed by atoms with Crippen molar-refractivity contribution in [2.24, 2.45) is 0 Å². The summed E-state index contributed by atoms with van der Waals surface area (Å²) in [5.41, 5.74) is 3.24. The second-order valence-corrected chi connectivity index (χ2v) is 7.76. The predicted octanol–water partition coefficient (Wildman–Crippen LogP) is 0.643. The molecule has 1 aromatic heterocycles. The minimum atomic E-state index is -4.66. The zero-order valence-electron chi connectivity index (χ0n) is 15.8. The number of carbonyl (C=O) groups excluding carboxylic acids is 1. The Labute approximate surface area is 178 Å². The molecule has 14 heteroatoms. The molecular formula is C18H14N4O9S. The third kappa shape index (κ3) is 4.35. The molecule has 0 saturated heterocycles. The van der Waals surface area contributed by atoms with Crippen LogP contribution in [-0.2, 0) is 10.1 Å². The molecule has 1 amide bonds. The number of amides is 1. The molecule has 0 spiro atoms. The van der Waals surface area contributed by atoms with Gasteiger partial charge in [-0.15, -0.1) is 0 Å². The van der Waals surface area contributed by atoms with E-state index in [2.05, 4.69) is 10.4 Å². The van der Waals surface area contributed by atoms with Gasteiger partial charge in [-0.3, -0.25) is 19.2 Å². The molecule has 1 heterocycles. The lowest BCUT2D eigenvalue weighted by molar-refractivity contribution is 0.0651. The molecule has 7 N–H and O–H groups in total. The van der Waals surface area contributed by atoms with Crippen molar-refractivity contribution in [3.05, 3.63) is 69.5 Å². The molecule has 2 aromatic carbocycles. The lowest BCUT2D eigenvalue weighted by atomic mass is 10.0. The first-order valence-corrected chi connectivity index (χ1v) is 9.94. The molecule has 0 fully saturated rings. The number of anilines is 2. The number of carbonyl (C=O) groups is 3. The molecule has 0 unspecified atom stereocenters. The molecule has 0 aliphatic carbocycles. The van der Waals surface area contributed by atoms with Crippen molar-refractivity contribution in [2.75, 3.05) is 11.1 Å². The van der Waals surface area contributed by atoms with Crippen LogP contribution in [0, 0.1) is 0 Å².